The van der Waals surface area contributed by atoms with E-state index >= 15 is 0 Å². The zero-order chi connectivity index (χ0) is 27.2. The van der Waals surface area contributed by atoms with Crippen LogP contribution >= 0.6 is 15.9 Å². The average molecular weight is 595 g/mol. The van der Waals surface area contributed by atoms with Gasteiger partial charge in [-0.15, -0.1) is 0 Å². The number of halogens is 1. The Morgan fingerprint density at radius 2 is 1.39 bits per heavy atom. The Morgan fingerprint density at radius 3 is 2.03 bits per heavy atom. The normalized spacial score (nSPS) is 18.4. The van der Waals surface area contributed by atoms with E-state index < -0.39 is 22.1 Å². The molecule has 2 heterocycles. The third-order valence-electron chi connectivity index (χ3n) is 7.29. The van der Waals surface area contributed by atoms with Crippen LogP contribution in [0, 0.1) is 6.92 Å². The van der Waals surface area contributed by atoms with Crippen molar-refractivity contribution in [3.63, 3.8) is 0 Å². The number of rotatable bonds is 6. The molecule has 0 aliphatic carbocycles. The third-order valence-corrected chi connectivity index (χ3v) is 9.64. The molecular formula is C29H28BrN3O4S. The summed E-state index contributed by atoms with van der Waals surface area (Å²) in [4.78, 5) is 30.2. The molecule has 2 amide bonds. The van der Waals surface area contributed by atoms with E-state index in [0.29, 0.717) is 22.9 Å². The average Bonchev–Trinajstić information content (AvgIpc) is 3.29. The van der Waals surface area contributed by atoms with Gasteiger partial charge in [-0.3, -0.25) is 9.59 Å². The number of benzene rings is 3. The fourth-order valence-electron chi connectivity index (χ4n) is 5.07. The molecule has 1 aromatic heterocycles. The van der Waals surface area contributed by atoms with E-state index in [1.54, 1.807) is 56.7 Å². The number of nitrogens with zero attached hydrogens (tertiary/aromatic N) is 3. The molecule has 2 atom stereocenters. The Hall–Kier alpha value is -3.43. The molecule has 9 heteroatoms. The molecule has 0 bridgehead atoms. The number of aromatic nitrogens is 1. The fourth-order valence-corrected chi connectivity index (χ4v) is 7.06. The molecule has 0 spiro atoms. The molecule has 4 aromatic rings. The molecular weight excluding hydrogens is 566 g/mol. The second-order valence-corrected chi connectivity index (χ2v) is 12.4. The number of aryl methyl sites for hydroxylation is 1. The quantitative estimate of drug-likeness (QED) is 0.332. The van der Waals surface area contributed by atoms with Gasteiger partial charge in [0, 0.05) is 43.0 Å². The van der Waals surface area contributed by atoms with Gasteiger partial charge in [0.15, 0.2) is 0 Å². The number of carbonyl (C=O) groups excluding carboxylic acids is 2. The second-order valence-electron chi connectivity index (χ2n) is 9.73. The van der Waals surface area contributed by atoms with Gasteiger partial charge in [0.25, 0.3) is 10.0 Å². The lowest BCUT2D eigenvalue weighted by Crippen LogP contribution is -2.63. The molecule has 1 fully saturated rings. The first kappa shape index (κ1) is 26.2. The van der Waals surface area contributed by atoms with Gasteiger partial charge in [0.2, 0.25) is 11.8 Å². The maximum absolute atomic E-state index is 13.6. The SMILES string of the molecule is Cc1ccc(S(=O)(=O)n2cc(C[C@H]3C(=O)N(C)[C@@H](Cc4ccccc4)C(=O)N3C)c3c(Br)cccc32)cc1. The van der Waals surface area contributed by atoms with Gasteiger partial charge in [0.1, 0.15) is 12.1 Å². The maximum atomic E-state index is 13.6. The highest BCUT2D eigenvalue weighted by Crippen LogP contribution is 2.34. The van der Waals surface area contributed by atoms with Crippen molar-refractivity contribution in [2.24, 2.45) is 0 Å². The molecule has 0 saturated carbocycles. The van der Waals surface area contributed by atoms with Crippen molar-refractivity contribution in [2.45, 2.75) is 36.7 Å². The molecule has 1 aliphatic rings. The molecule has 0 unspecified atom stereocenters. The predicted molar refractivity (Wildman–Crippen MR) is 150 cm³/mol. The lowest BCUT2D eigenvalue weighted by molar-refractivity contribution is -0.158. The Kier molecular flexibility index (Phi) is 6.92. The van der Waals surface area contributed by atoms with E-state index in [0.717, 1.165) is 15.6 Å². The monoisotopic (exact) mass is 593 g/mol. The van der Waals surface area contributed by atoms with Crippen molar-refractivity contribution < 1.29 is 18.0 Å². The minimum atomic E-state index is -3.89. The van der Waals surface area contributed by atoms with Crippen LogP contribution in [0.15, 0.2) is 88.4 Å². The van der Waals surface area contributed by atoms with Crippen molar-refractivity contribution in [1.82, 2.24) is 13.8 Å². The highest BCUT2D eigenvalue weighted by atomic mass is 79.9. The first-order valence-electron chi connectivity index (χ1n) is 12.3. The van der Waals surface area contributed by atoms with Crippen LogP contribution in [-0.2, 0) is 32.5 Å². The standard InChI is InChI=1S/C29H28BrN3O4S/c1-19-12-14-22(15-13-19)38(36,37)33-18-21(27-23(30)10-7-11-24(27)33)17-26-29(35)31(2)25(28(34)32(26)3)16-20-8-5-4-6-9-20/h4-15,18,25-26H,16-17H2,1-3H3/t25-,26-/m0/s1. The molecule has 0 N–H and O–H groups in total. The zero-order valence-corrected chi connectivity index (χ0v) is 23.7. The second kappa shape index (κ2) is 10.0. The Bertz CT molecular complexity index is 1630. The van der Waals surface area contributed by atoms with Gasteiger partial charge in [-0.25, -0.2) is 12.4 Å². The van der Waals surface area contributed by atoms with Crippen LogP contribution in [0.2, 0.25) is 0 Å². The van der Waals surface area contributed by atoms with Crippen LogP contribution in [0.1, 0.15) is 16.7 Å². The Morgan fingerprint density at radius 1 is 0.789 bits per heavy atom. The lowest BCUT2D eigenvalue weighted by atomic mass is 9.95. The molecule has 1 aliphatic heterocycles. The summed E-state index contributed by atoms with van der Waals surface area (Å²) in [6.45, 7) is 1.90. The summed E-state index contributed by atoms with van der Waals surface area (Å²) in [7, 11) is -0.583. The largest absolute Gasteiger partial charge is 0.332 e. The highest BCUT2D eigenvalue weighted by Gasteiger charge is 2.43. The minimum Gasteiger partial charge on any atom is -0.332 e. The van der Waals surface area contributed by atoms with Gasteiger partial charge in [0.05, 0.1) is 10.4 Å². The summed E-state index contributed by atoms with van der Waals surface area (Å²) in [5, 5.41) is 0.700. The van der Waals surface area contributed by atoms with E-state index in [2.05, 4.69) is 15.9 Å². The number of piperazine rings is 1. The van der Waals surface area contributed by atoms with Crippen molar-refractivity contribution >= 4 is 48.7 Å². The van der Waals surface area contributed by atoms with Crippen molar-refractivity contribution in [1.29, 1.82) is 0 Å². The molecule has 5 rings (SSSR count). The summed E-state index contributed by atoms with van der Waals surface area (Å²) >= 11 is 3.57. The van der Waals surface area contributed by atoms with Crippen LogP contribution in [0.5, 0.6) is 0 Å². The third kappa shape index (κ3) is 4.54. The van der Waals surface area contributed by atoms with Crippen LogP contribution in [-0.4, -0.2) is 60.2 Å². The highest BCUT2D eigenvalue weighted by molar-refractivity contribution is 9.10. The maximum Gasteiger partial charge on any atom is 0.268 e. The summed E-state index contributed by atoms with van der Waals surface area (Å²) < 4.78 is 29.3. The summed E-state index contributed by atoms with van der Waals surface area (Å²) in [5.41, 5.74) is 3.10. The minimum absolute atomic E-state index is 0.143. The van der Waals surface area contributed by atoms with Crippen LogP contribution in [0.4, 0.5) is 0 Å². The molecule has 3 aromatic carbocycles. The number of amides is 2. The number of carbonyl (C=O) groups is 2. The van der Waals surface area contributed by atoms with E-state index in [4.69, 9.17) is 0 Å². The van der Waals surface area contributed by atoms with Crippen molar-refractivity contribution in [2.75, 3.05) is 14.1 Å². The van der Waals surface area contributed by atoms with Crippen molar-refractivity contribution in [3.05, 3.63) is 100 Å². The van der Waals surface area contributed by atoms with Crippen LogP contribution < -0.4 is 0 Å². The van der Waals surface area contributed by atoms with E-state index in [1.165, 1.54) is 13.8 Å². The number of likely N-dealkylation sites (N-methyl/N-ethyl adjacent to an activating group) is 2. The molecule has 7 nitrogen and oxygen atoms in total. The number of fused-ring (bicyclic) bond motifs is 1. The first-order valence-corrected chi connectivity index (χ1v) is 14.5. The summed E-state index contributed by atoms with van der Waals surface area (Å²) in [6, 6.07) is 20.3. The Balaban J connectivity index is 1.51. The lowest BCUT2D eigenvalue weighted by Gasteiger charge is -2.42. The van der Waals surface area contributed by atoms with E-state index in [1.807, 2.05) is 43.3 Å². The first-order chi connectivity index (χ1) is 18.1. The van der Waals surface area contributed by atoms with Crippen LogP contribution in [0.3, 0.4) is 0 Å². The van der Waals surface area contributed by atoms with E-state index in [9.17, 15) is 18.0 Å². The molecule has 0 radical (unpaired) electrons. The summed E-state index contributed by atoms with van der Waals surface area (Å²) in [6.07, 6.45) is 2.18. The summed E-state index contributed by atoms with van der Waals surface area (Å²) in [5.74, 6) is -0.321. The molecule has 38 heavy (non-hydrogen) atoms. The van der Waals surface area contributed by atoms with Gasteiger partial charge in [-0.1, -0.05) is 70.0 Å². The number of hydrogen-bond acceptors (Lipinski definition) is 4. The van der Waals surface area contributed by atoms with Gasteiger partial charge in [-0.05, 0) is 42.3 Å². The zero-order valence-electron chi connectivity index (χ0n) is 21.3. The van der Waals surface area contributed by atoms with Crippen LogP contribution in [0.25, 0.3) is 10.9 Å². The predicted octanol–water partition coefficient (Wildman–Crippen LogP) is 4.40. The topological polar surface area (TPSA) is 79.7 Å². The number of hydrogen-bond donors (Lipinski definition) is 0. The Labute approximate surface area is 230 Å². The van der Waals surface area contributed by atoms with Crippen molar-refractivity contribution in [3.8, 4) is 0 Å². The van der Waals surface area contributed by atoms with E-state index in [-0.39, 0.29) is 23.1 Å². The molecule has 196 valence electrons. The smallest absolute Gasteiger partial charge is 0.268 e. The molecule has 1 saturated heterocycles. The van der Waals surface area contributed by atoms with Gasteiger partial charge in [-0.2, -0.15) is 0 Å². The van der Waals surface area contributed by atoms with Gasteiger partial charge >= 0.3 is 0 Å². The fraction of sp³-hybridized carbons (Fsp3) is 0.241. The van der Waals surface area contributed by atoms with Gasteiger partial charge < -0.3 is 9.80 Å².